The van der Waals surface area contributed by atoms with E-state index < -0.39 is 5.82 Å². The molecule has 2 rings (SSSR count). The molecule has 0 fully saturated rings. The maximum Gasteiger partial charge on any atom is 0.161 e. The number of nitrogens with two attached hydrogens (primary N) is 1. The molecule has 17 heavy (non-hydrogen) atoms. The number of hydrogen-bond acceptors (Lipinski definition) is 3. The van der Waals surface area contributed by atoms with Gasteiger partial charge >= 0.3 is 0 Å². The van der Waals surface area contributed by atoms with E-state index >= 15 is 0 Å². The molecule has 3 N–H and O–H groups in total. The monoisotopic (exact) mass is 273 g/mol. The highest BCUT2D eigenvalue weighted by molar-refractivity contribution is 6.39. The first-order valence-corrected chi connectivity index (χ1v) is 5.77. The molecule has 0 spiro atoms. The van der Waals surface area contributed by atoms with Gasteiger partial charge in [-0.3, -0.25) is 10.8 Å². The molecule has 3 nitrogen and oxygen atoms in total. The number of anilines is 1. The third-order valence-corrected chi connectivity index (χ3v) is 3.13. The molecule has 0 amide bonds. The molecule has 2 aromatic rings. The maximum atomic E-state index is 13.6. The summed E-state index contributed by atoms with van der Waals surface area (Å²) in [6.45, 7) is 1.96. The molecule has 0 aliphatic carbocycles. The van der Waals surface area contributed by atoms with Gasteiger partial charge in [-0.05, 0) is 18.6 Å². The molecule has 0 unspecified atom stereocenters. The normalized spacial score (nSPS) is 10.9. The first kappa shape index (κ1) is 12.4. The SMILES string of the molecule is CCc1cc(NN)c2c(Cl)c(F)c(Cl)cc2n1. The van der Waals surface area contributed by atoms with Crippen molar-refractivity contribution in [1.29, 1.82) is 0 Å². The number of nitrogen functional groups attached to an aromatic ring is 1. The van der Waals surface area contributed by atoms with Crippen molar-refractivity contribution in [3.63, 3.8) is 0 Å². The van der Waals surface area contributed by atoms with Crippen LogP contribution in [0.3, 0.4) is 0 Å². The number of rotatable bonds is 2. The number of fused-ring (bicyclic) bond motifs is 1. The molecule has 0 atom stereocenters. The molecule has 1 aromatic heterocycles. The van der Waals surface area contributed by atoms with E-state index in [-0.39, 0.29) is 10.0 Å². The molecular formula is C11H10Cl2FN3. The molecule has 1 heterocycles. The van der Waals surface area contributed by atoms with Crippen molar-refractivity contribution in [2.24, 2.45) is 5.84 Å². The lowest BCUT2D eigenvalue weighted by Crippen LogP contribution is -2.09. The summed E-state index contributed by atoms with van der Waals surface area (Å²) in [4.78, 5) is 4.33. The maximum absolute atomic E-state index is 13.6. The second-order valence-electron chi connectivity index (χ2n) is 3.54. The van der Waals surface area contributed by atoms with Crippen LogP contribution in [0.1, 0.15) is 12.6 Å². The third-order valence-electron chi connectivity index (χ3n) is 2.50. The predicted molar refractivity (Wildman–Crippen MR) is 68.9 cm³/mol. The molecule has 90 valence electrons. The van der Waals surface area contributed by atoms with E-state index in [0.29, 0.717) is 16.6 Å². The van der Waals surface area contributed by atoms with E-state index in [1.807, 2.05) is 6.92 Å². The second-order valence-corrected chi connectivity index (χ2v) is 4.32. The fourth-order valence-electron chi connectivity index (χ4n) is 1.65. The fourth-order valence-corrected chi connectivity index (χ4v) is 2.19. The topological polar surface area (TPSA) is 50.9 Å². The Morgan fingerprint density at radius 3 is 2.71 bits per heavy atom. The zero-order chi connectivity index (χ0) is 12.6. The smallest absolute Gasteiger partial charge is 0.161 e. The van der Waals surface area contributed by atoms with Crippen LogP contribution in [0.5, 0.6) is 0 Å². The summed E-state index contributed by atoms with van der Waals surface area (Å²) >= 11 is 11.6. The number of aryl methyl sites for hydroxylation is 1. The van der Waals surface area contributed by atoms with Crippen LogP contribution >= 0.6 is 23.2 Å². The summed E-state index contributed by atoms with van der Waals surface area (Å²) in [6.07, 6.45) is 0.733. The lowest BCUT2D eigenvalue weighted by atomic mass is 10.1. The third kappa shape index (κ3) is 2.04. The number of halogens is 3. The minimum Gasteiger partial charge on any atom is -0.323 e. The van der Waals surface area contributed by atoms with Crippen LogP contribution in [0.15, 0.2) is 12.1 Å². The first-order valence-electron chi connectivity index (χ1n) is 5.02. The van der Waals surface area contributed by atoms with Crippen LogP contribution in [0.4, 0.5) is 10.1 Å². The van der Waals surface area contributed by atoms with Gasteiger partial charge in [-0.1, -0.05) is 30.1 Å². The lowest BCUT2D eigenvalue weighted by molar-refractivity contribution is 0.630. The van der Waals surface area contributed by atoms with Crippen LogP contribution in [0.25, 0.3) is 10.9 Å². The van der Waals surface area contributed by atoms with Crippen molar-refractivity contribution in [3.8, 4) is 0 Å². The highest BCUT2D eigenvalue weighted by Gasteiger charge is 2.15. The highest BCUT2D eigenvalue weighted by atomic mass is 35.5. The van der Waals surface area contributed by atoms with E-state index in [9.17, 15) is 4.39 Å². The molecule has 1 aromatic carbocycles. The summed E-state index contributed by atoms with van der Waals surface area (Å²) in [5, 5.41) is 0.315. The van der Waals surface area contributed by atoms with Crippen LogP contribution in [0, 0.1) is 5.82 Å². The molecule has 6 heteroatoms. The number of nitrogens with one attached hydrogen (secondary N) is 1. The molecule has 0 saturated heterocycles. The van der Waals surface area contributed by atoms with Gasteiger partial charge in [-0.2, -0.15) is 0 Å². The van der Waals surface area contributed by atoms with Crippen molar-refractivity contribution >= 4 is 39.8 Å². The Hall–Kier alpha value is -1.10. The molecule has 0 radical (unpaired) electrons. The van der Waals surface area contributed by atoms with Crippen LogP contribution < -0.4 is 11.3 Å². The van der Waals surface area contributed by atoms with Gasteiger partial charge in [-0.25, -0.2) is 4.39 Å². The lowest BCUT2D eigenvalue weighted by Gasteiger charge is -2.10. The Morgan fingerprint density at radius 1 is 1.41 bits per heavy atom. The minimum absolute atomic E-state index is 0.0498. The van der Waals surface area contributed by atoms with Crippen molar-refractivity contribution in [3.05, 3.63) is 33.7 Å². The van der Waals surface area contributed by atoms with Gasteiger partial charge in [0, 0.05) is 11.1 Å². The fraction of sp³-hybridized carbons (Fsp3) is 0.182. The zero-order valence-electron chi connectivity index (χ0n) is 9.02. The molecule has 0 bridgehead atoms. The van der Waals surface area contributed by atoms with Crippen molar-refractivity contribution in [2.75, 3.05) is 5.43 Å². The molecule has 0 aliphatic heterocycles. The van der Waals surface area contributed by atoms with Gasteiger partial charge in [-0.15, -0.1) is 0 Å². The van der Waals surface area contributed by atoms with Crippen LogP contribution in [-0.2, 0) is 6.42 Å². The van der Waals surface area contributed by atoms with Crippen molar-refractivity contribution in [2.45, 2.75) is 13.3 Å². The highest BCUT2D eigenvalue weighted by Crippen LogP contribution is 2.35. The summed E-state index contributed by atoms with van der Waals surface area (Å²) < 4.78 is 13.6. The molecule has 0 saturated carbocycles. The minimum atomic E-state index is -0.664. The Balaban J connectivity index is 2.89. The van der Waals surface area contributed by atoms with E-state index in [4.69, 9.17) is 29.0 Å². The summed E-state index contributed by atoms with van der Waals surface area (Å²) in [6, 6.07) is 3.18. The quantitative estimate of drug-likeness (QED) is 0.500. The number of aromatic nitrogens is 1. The average molecular weight is 274 g/mol. The number of nitrogens with zero attached hydrogens (tertiary/aromatic N) is 1. The number of benzene rings is 1. The Morgan fingerprint density at radius 2 is 2.12 bits per heavy atom. The second kappa shape index (κ2) is 4.64. The Labute approximate surface area is 108 Å². The van der Waals surface area contributed by atoms with E-state index in [2.05, 4.69) is 10.4 Å². The first-order chi connectivity index (χ1) is 8.08. The molecular weight excluding hydrogens is 264 g/mol. The average Bonchev–Trinajstić information content (AvgIpc) is 2.34. The van der Waals surface area contributed by atoms with Gasteiger partial charge in [0.1, 0.15) is 0 Å². The van der Waals surface area contributed by atoms with Crippen molar-refractivity contribution < 1.29 is 4.39 Å². The van der Waals surface area contributed by atoms with Gasteiger partial charge in [0.2, 0.25) is 0 Å². The van der Waals surface area contributed by atoms with Gasteiger partial charge in [0.25, 0.3) is 0 Å². The van der Waals surface area contributed by atoms with Gasteiger partial charge < -0.3 is 5.43 Å². The Bertz CT molecular complexity index is 587. The Kier molecular flexibility index (Phi) is 3.38. The summed E-state index contributed by atoms with van der Waals surface area (Å²) in [5.41, 5.74) is 4.38. The van der Waals surface area contributed by atoms with Crippen LogP contribution in [-0.4, -0.2) is 4.98 Å². The summed E-state index contributed by atoms with van der Waals surface area (Å²) in [7, 11) is 0. The number of hydrogen-bond donors (Lipinski definition) is 2. The zero-order valence-corrected chi connectivity index (χ0v) is 10.5. The van der Waals surface area contributed by atoms with Crippen molar-refractivity contribution in [1.82, 2.24) is 4.98 Å². The van der Waals surface area contributed by atoms with E-state index in [1.54, 1.807) is 6.07 Å². The number of hydrazine groups is 1. The number of pyridine rings is 1. The van der Waals surface area contributed by atoms with Gasteiger partial charge in [0.05, 0.1) is 21.2 Å². The molecule has 0 aliphatic rings. The summed E-state index contributed by atoms with van der Waals surface area (Å²) in [5.74, 6) is 4.74. The predicted octanol–water partition coefficient (Wildman–Crippen LogP) is 3.53. The van der Waals surface area contributed by atoms with Crippen LogP contribution in [0.2, 0.25) is 10.0 Å². The standard InChI is InChI=1S/C11H10Cl2FN3/c1-2-5-3-8(17-15)9-7(16-5)4-6(12)11(14)10(9)13/h3-4H,2,15H2,1H3,(H,16,17). The van der Waals surface area contributed by atoms with E-state index in [0.717, 1.165) is 12.1 Å². The van der Waals surface area contributed by atoms with Gasteiger partial charge in [0.15, 0.2) is 5.82 Å². The largest absolute Gasteiger partial charge is 0.323 e. The van der Waals surface area contributed by atoms with E-state index in [1.165, 1.54) is 6.07 Å².